The van der Waals surface area contributed by atoms with E-state index in [1.54, 1.807) is 26.0 Å². The van der Waals surface area contributed by atoms with Crippen molar-refractivity contribution in [3.8, 4) is 11.5 Å². The number of carbonyl (C=O) groups excluding carboxylic acids is 1. The van der Waals surface area contributed by atoms with E-state index in [9.17, 15) is 4.79 Å². The lowest BCUT2D eigenvalue weighted by Crippen LogP contribution is -2.34. The first-order valence-electron chi connectivity index (χ1n) is 8.88. The van der Waals surface area contributed by atoms with Crippen LogP contribution in [0.15, 0.2) is 48.5 Å². The molecule has 2 aromatic carbocycles. The fourth-order valence-electron chi connectivity index (χ4n) is 3.38. The van der Waals surface area contributed by atoms with Gasteiger partial charge in [0.25, 0.3) is 0 Å². The molecule has 5 heteroatoms. The molecule has 1 saturated heterocycles. The Bertz CT molecular complexity index is 728. The molecule has 0 aromatic heterocycles. The van der Waals surface area contributed by atoms with Gasteiger partial charge in [-0.1, -0.05) is 37.3 Å². The van der Waals surface area contributed by atoms with E-state index in [1.165, 1.54) is 0 Å². The van der Waals surface area contributed by atoms with Crippen LogP contribution in [0.4, 0.5) is 0 Å². The van der Waals surface area contributed by atoms with Crippen molar-refractivity contribution in [2.45, 2.75) is 24.6 Å². The van der Waals surface area contributed by atoms with Crippen LogP contribution in [0.1, 0.15) is 35.8 Å². The summed E-state index contributed by atoms with van der Waals surface area (Å²) in [5, 5.41) is -0.00994. The minimum absolute atomic E-state index is 0.00994. The van der Waals surface area contributed by atoms with Crippen molar-refractivity contribution in [1.29, 1.82) is 0 Å². The summed E-state index contributed by atoms with van der Waals surface area (Å²) in [6.07, 6.45) is 0.790. The number of methoxy groups -OCH3 is 2. The Morgan fingerprint density at radius 2 is 1.81 bits per heavy atom. The van der Waals surface area contributed by atoms with Gasteiger partial charge >= 0.3 is 0 Å². The van der Waals surface area contributed by atoms with Crippen LogP contribution in [0.25, 0.3) is 0 Å². The van der Waals surface area contributed by atoms with E-state index < -0.39 is 0 Å². The Kier molecular flexibility index (Phi) is 6.09. The van der Waals surface area contributed by atoms with E-state index in [1.807, 2.05) is 53.4 Å². The molecule has 2 atom stereocenters. The second-order valence-corrected chi connectivity index (χ2v) is 7.46. The summed E-state index contributed by atoms with van der Waals surface area (Å²) in [5.74, 6) is 2.50. The monoisotopic (exact) mass is 371 g/mol. The molecule has 1 aliphatic heterocycles. The largest absolute Gasteiger partial charge is 0.497 e. The van der Waals surface area contributed by atoms with Crippen LogP contribution in [0.5, 0.6) is 11.5 Å². The van der Waals surface area contributed by atoms with E-state index in [4.69, 9.17) is 9.47 Å². The Hall–Kier alpha value is -2.14. The minimum atomic E-state index is -0.107. The van der Waals surface area contributed by atoms with E-state index >= 15 is 0 Å². The summed E-state index contributed by atoms with van der Waals surface area (Å²) in [7, 11) is 3.29. The summed E-state index contributed by atoms with van der Waals surface area (Å²) < 4.78 is 10.8. The van der Waals surface area contributed by atoms with Gasteiger partial charge in [-0.2, -0.15) is 0 Å². The number of nitrogens with zero attached hydrogens (tertiary/aromatic N) is 1. The zero-order valence-corrected chi connectivity index (χ0v) is 16.3. The fourth-order valence-corrected chi connectivity index (χ4v) is 4.63. The van der Waals surface area contributed by atoms with Crippen LogP contribution < -0.4 is 9.47 Å². The molecule has 2 aromatic rings. The van der Waals surface area contributed by atoms with Crippen molar-refractivity contribution in [2.24, 2.45) is 0 Å². The normalized spacial score (nSPS) is 17.8. The average molecular weight is 372 g/mol. The van der Waals surface area contributed by atoms with Crippen LogP contribution in [-0.4, -0.2) is 37.3 Å². The predicted octanol–water partition coefficient (Wildman–Crippen LogP) is 4.47. The highest BCUT2D eigenvalue weighted by Gasteiger charge is 2.35. The molecule has 1 amide bonds. The molecular formula is C21H25NO3S. The molecule has 4 nitrogen and oxygen atoms in total. The molecular weight excluding hydrogens is 346 g/mol. The van der Waals surface area contributed by atoms with E-state index in [0.29, 0.717) is 0 Å². The van der Waals surface area contributed by atoms with E-state index in [0.717, 1.165) is 41.3 Å². The van der Waals surface area contributed by atoms with Crippen molar-refractivity contribution in [3.05, 3.63) is 59.7 Å². The molecule has 0 saturated carbocycles. The first-order chi connectivity index (χ1) is 12.7. The van der Waals surface area contributed by atoms with Gasteiger partial charge in [0.2, 0.25) is 5.91 Å². The van der Waals surface area contributed by atoms with Crippen LogP contribution >= 0.6 is 11.8 Å². The number of hydrogen-bond donors (Lipinski definition) is 0. The average Bonchev–Trinajstić information content (AvgIpc) is 3.18. The molecule has 0 aliphatic carbocycles. The zero-order valence-electron chi connectivity index (χ0n) is 15.5. The molecule has 26 heavy (non-hydrogen) atoms. The number of ether oxygens (including phenoxy) is 2. The van der Waals surface area contributed by atoms with Crippen LogP contribution in [0.3, 0.4) is 0 Å². The number of amides is 1. The molecule has 0 unspecified atom stereocenters. The highest BCUT2D eigenvalue weighted by molar-refractivity contribution is 7.99. The summed E-state index contributed by atoms with van der Waals surface area (Å²) >= 11 is 1.79. The van der Waals surface area contributed by atoms with Gasteiger partial charge in [0, 0.05) is 18.4 Å². The lowest BCUT2D eigenvalue weighted by Gasteiger charge is -2.28. The molecule has 138 valence electrons. The molecule has 0 N–H and O–H groups in total. The first kappa shape index (κ1) is 18.6. The minimum Gasteiger partial charge on any atom is -0.497 e. The maximum atomic E-state index is 13.3. The van der Waals surface area contributed by atoms with Crippen molar-refractivity contribution in [3.63, 3.8) is 0 Å². The van der Waals surface area contributed by atoms with Gasteiger partial charge in [-0.05, 0) is 29.7 Å². The molecule has 1 aliphatic rings. The van der Waals surface area contributed by atoms with Gasteiger partial charge in [0.1, 0.15) is 16.9 Å². The highest BCUT2D eigenvalue weighted by Crippen LogP contribution is 2.42. The first-order valence-corrected chi connectivity index (χ1v) is 9.92. The zero-order chi connectivity index (χ0) is 18.5. The van der Waals surface area contributed by atoms with Gasteiger partial charge in [-0.15, -0.1) is 11.8 Å². The van der Waals surface area contributed by atoms with Crippen LogP contribution in [0.2, 0.25) is 0 Å². The number of hydrogen-bond acceptors (Lipinski definition) is 4. The van der Waals surface area contributed by atoms with Gasteiger partial charge in [0.15, 0.2) is 0 Å². The third-order valence-electron chi connectivity index (χ3n) is 4.74. The quantitative estimate of drug-likeness (QED) is 0.751. The second kappa shape index (κ2) is 8.49. The Morgan fingerprint density at radius 3 is 2.38 bits per heavy atom. The van der Waals surface area contributed by atoms with Crippen molar-refractivity contribution >= 4 is 17.7 Å². The molecule has 0 bridgehead atoms. The number of carbonyl (C=O) groups is 1. The number of rotatable bonds is 6. The standard InChI is InChI=1S/C21H25NO3S/c1-4-19(15-8-6-5-7-9-15)20(23)22-10-11-26-21(22)16-12-17(24-2)14-18(13-16)25-3/h5-9,12-14,19,21H,4,10-11H2,1-3H3/t19-,21+/m1/s1. The number of benzene rings is 2. The molecule has 0 radical (unpaired) electrons. The maximum absolute atomic E-state index is 13.3. The van der Waals surface area contributed by atoms with Crippen LogP contribution in [0, 0.1) is 0 Å². The van der Waals surface area contributed by atoms with Gasteiger partial charge in [-0.25, -0.2) is 0 Å². The third kappa shape index (κ3) is 3.83. The van der Waals surface area contributed by atoms with Crippen molar-refractivity contribution < 1.29 is 14.3 Å². The van der Waals surface area contributed by atoms with E-state index in [-0.39, 0.29) is 17.2 Å². The SMILES string of the molecule is CC[C@@H](C(=O)N1CCS[C@H]1c1cc(OC)cc(OC)c1)c1ccccc1. The molecule has 1 heterocycles. The Balaban J connectivity index is 1.89. The van der Waals surface area contributed by atoms with Gasteiger partial charge < -0.3 is 14.4 Å². The van der Waals surface area contributed by atoms with Gasteiger partial charge in [0.05, 0.1) is 20.1 Å². The molecule has 1 fully saturated rings. The fraction of sp³-hybridized carbons (Fsp3) is 0.381. The molecule has 3 rings (SSSR count). The Labute approximate surface area is 159 Å². The third-order valence-corrected chi connectivity index (χ3v) is 6.00. The lowest BCUT2D eigenvalue weighted by molar-refractivity contribution is -0.133. The van der Waals surface area contributed by atoms with Gasteiger partial charge in [-0.3, -0.25) is 4.79 Å². The summed E-state index contributed by atoms with van der Waals surface area (Å²) in [6.45, 7) is 2.83. The highest BCUT2D eigenvalue weighted by atomic mass is 32.2. The second-order valence-electron chi connectivity index (χ2n) is 6.27. The maximum Gasteiger partial charge on any atom is 0.231 e. The topological polar surface area (TPSA) is 38.8 Å². The molecule has 0 spiro atoms. The Morgan fingerprint density at radius 1 is 1.15 bits per heavy atom. The van der Waals surface area contributed by atoms with Crippen molar-refractivity contribution in [2.75, 3.05) is 26.5 Å². The summed E-state index contributed by atoms with van der Waals surface area (Å²) in [6, 6.07) is 15.9. The summed E-state index contributed by atoms with van der Waals surface area (Å²) in [5.41, 5.74) is 2.12. The predicted molar refractivity (Wildman–Crippen MR) is 106 cm³/mol. The van der Waals surface area contributed by atoms with Crippen molar-refractivity contribution in [1.82, 2.24) is 4.90 Å². The van der Waals surface area contributed by atoms with E-state index in [2.05, 4.69) is 6.92 Å². The smallest absolute Gasteiger partial charge is 0.231 e. The summed E-state index contributed by atoms with van der Waals surface area (Å²) in [4.78, 5) is 15.3. The number of thioether (sulfide) groups is 1. The van der Waals surface area contributed by atoms with Crippen LogP contribution in [-0.2, 0) is 4.79 Å². The lowest BCUT2D eigenvalue weighted by atomic mass is 9.95.